The Balaban J connectivity index is 1.94. The number of aryl methyl sites for hydroxylation is 2. The van der Waals surface area contributed by atoms with E-state index in [9.17, 15) is 0 Å². The summed E-state index contributed by atoms with van der Waals surface area (Å²) in [5, 5.41) is 0. The molecule has 0 saturated heterocycles. The first-order valence-corrected chi connectivity index (χ1v) is 13.1. The lowest BCUT2D eigenvalue weighted by atomic mass is 9.22. The minimum absolute atomic E-state index is 0.801. The Morgan fingerprint density at radius 3 is 1.69 bits per heavy atom. The molecule has 0 spiro atoms. The van der Waals surface area contributed by atoms with Gasteiger partial charge in [0, 0.05) is 31.9 Å². The Labute approximate surface area is 214 Å². The molecule has 0 fully saturated rings. The fraction of sp³-hybridized carbons (Fsp3) is 0.233. The highest BCUT2D eigenvalue weighted by molar-refractivity contribution is 8.00. The van der Waals surface area contributed by atoms with Gasteiger partial charge in [-0.05, 0) is 35.8 Å². The Morgan fingerprint density at radius 1 is 0.743 bits per heavy atom. The summed E-state index contributed by atoms with van der Waals surface area (Å²) in [6, 6.07) is 27.3. The molecule has 0 N–H and O–H groups in total. The summed E-state index contributed by atoms with van der Waals surface area (Å²) < 4.78 is 3.29. The molecule has 0 bridgehead atoms. The molecule has 3 aromatic carbocycles. The second kappa shape index (κ2) is 8.58. The molecule has 0 radical (unpaired) electrons. The molecular formula is C30H35BN3S+. The number of nitrogens with zero attached hydrogens (tertiary/aromatic N) is 3. The van der Waals surface area contributed by atoms with Crippen molar-refractivity contribution in [2.24, 2.45) is 0 Å². The van der Waals surface area contributed by atoms with E-state index < -0.39 is 6.28 Å². The van der Waals surface area contributed by atoms with Crippen LogP contribution in [0.25, 0.3) is 0 Å². The van der Waals surface area contributed by atoms with E-state index in [1.807, 2.05) is 11.8 Å². The van der Waals surface area contributed by atoms with Crippen LogP contribution in [0.2, 0.25) is 0 Å². The number of aromatic nitrogens is 1. The first kappa shape index (κ1) is 23.7. The lowest BCUT2D eigenvalue weighted by molar-refractivity contribution is -0.539. The summed E-state index contributed by atoms with van der Waals surface area (Å²) in [4.78, 5) is 4.84. The molecule has 5 rings (SSSR count). The van der Waals surface area contributed by atoms with Crippen LogP contribution in [0.4, 0.5) is 11.4 Å². The van der Waals surface area contributed by atoms with Gasteiger partial charge in [0.1, 0.15) is 18.1 Å². The fourth-order valence-corrected chi connectivity index (χ4v) is 7.13. The second-order valence-corrected chi connectivity index (χ2v) is 12.0. The van der Waals surface area contributed by atoms with Crippen LogP contribution in [0, 0.1) is 13.8 Å². The molecule has 1 aliphatic rings. The van der Waals surface area contributed by atoms with Gasteiger partial charge in [-0.25, -0.2) is 0 Å². The Bertz CT molecular complexity index is 1340. The molecule has 35 heavy (non-hydrogen) atoms. The van der Waals surface area contributed by atoms with Crippen LogP contribution in [-0.2, 0) is 0 Å². The lowest BCUT2D eigenvalue weighted by Gasteiger charge is -2.44. The van der Waals surface area contributed by atoms with E-state index in [2.05, 4.69) is 144 Å². The van der Waals surface area contributed by atoms with E-state index in [-0.39, 0.29) is 0 Å². The van der Waals surface area contributed by atoms with Gasteiger partial charge >= 0.3 is 6.28 Å². The minimum atomic E-state index is -1.44. The van der Waals surface area contributed by atoms with Gasteiger partial charge in [-0.3, -0.25) is 4.48 Å². The summed E-state index contributed by atoms with van der Waals surface area (Å²) in [5.74, 6) is 0. The van der Waals surface area contributed by atoms with Gasteiger partial charge < -0.3 is 9.38 Å². The predicted octanol–water partition coefficient (Wildman–Crippen LogP) is 3.83. The zero-order valence-corrected chi connectivity index (χ0v) is 22.7. The van der Waals surface area contributed by atoms with Crippen LogP contribution in [0.1, 0.15) is 11.1 Å². The molecule has 0 aliphatic carbocycles. The maximum atomic E-state index is 2.49. The first-order chi connectivity index (χ1) is 16.6. The summed E-state index contributed by atoms with van der Waals surface area (Å²) in [6.07, 6.45) is 3.12. The van der Waals surface area contributed by atoms with Gasteiger partial charge in [-0.15, -0.1) is 16.4 Å². The van der Waals surface area contributed by atoms with Gasteiger partial charge in [-0.2, -0.15) is 0 Å². The number of rotatable bonds is 4. The Morgan fingerprint density at radius 2 is 1.23 bits per heavy atom. The quantitative estimate of drug-likeness (QED) is 0.285. The van der Waals surface area contributed by atoms with Gasteiger partial charge in [0.05, 0.1) is 21.1 Å². The smallest absolute Gasteiger partial charge is 0.362 e. The molecule has 1 aliphatic heterocycles. The maximum absolute atomic E-state index is 2.49. The second-order valence-electron chi connectivity index (χ2n) is 10.9. The van der Waals surface area contributed by atoms with E-state index >= 15 is 0 Å². The Hall–Kier alpha value is -3.02. The summed E-state index contributed by atoms with van der Waals surface area (Å²) in [6.45, 7) is 4.60. The van der Waals surface area contributed by atoms with Crippen molar-refractivity contribution in [3.05, 3.63) is 96.3 Å². The third-order valence-electron chi connectivity index (χ3n) is 7.53. The van der Waals surface area contributed by atoms with Crippen LogP contribution in [0.15, 0.2) is 95.0 Å². The number of anilines is 1. The average molecular weight is 481 g/mol. The van der Waals surface area contributed by atoms with Crippen molar-refractivity contribution < 1.29 is 4.48 Å². The number of hydrogen-bond acceptors (Lipinski definition) is 2. The fourth-order valence-electron chi connectivity index (χ4n) is 5.89. The van der Waals surface area contributed by atoms with Crippen molar-refractivity contribution in [3.8, 4) is 0 Å². The lowest BCUT2D eigenvalue weighted by Crippen LogP contribution is -2.86. The average Bonchev–Trinajstić information content (AvgIpc) is 2.82. The van der Waals surface area contributed by atoms with Crippen LogP contribution >= 0.6 is 11.8 Å². The highest BCUT2D eigenvalue weighted by Crippen LogP contribution is 2.33. The molecule has 5 heteroatoms. The first-order valence-electron chi connectivity index (χ1n) is 12.3. The topological polar surface area (TPSA) is 7.12 Å². The summed E-state index contributed by atoms with van der Waals surface area (Å²) >= 11 is 1.89. The van der Waals surface area contributed by atoms with Crippen molar-refractivity contribution in [3.63, 3.8) is 0 Å². The molecular weight excluding hydrogens is 445 g/mol. The van der Waals surface area contributed by atoms with Gasteiger partial charge in [0.15, 0.2) is 0 Å². The molecule has 3 nitrogen and oxygen atoms in total. The maximum Gasteiger partial charge on any atom is 0.362 e. The van der Waals surface area contributed by atoms with E-state index in [0.29, 0.717) is 0 Å². The predicted molar refractivity (Wildman–Crippen MR) is 154 cm³/mol. The molecule has 0 atom stereocenters. The highest BCUT2D eigenvalue weighted by atomic mass is 32.2. The van der Waals surface area contributed by atoms with Crippen molar-refractivity contribution in [1.29, 1.82) is 0 Å². The number of fused-ring (bicyclic) bond motifs is 2. The largest absolute Gasteiger partial charge is 0.415 e. The molecule has 0 unspecified atom stereocenters. The number of pyridine rings is 1. The van der Waals surface area contributed by atoms with Crippen molar-refractivity contribution in [1.82, 2.24) is 4.48 Å². The standard InChI is InChI=1S/C30H35BN3S/c1-22-20-25(34(5,6)7)21-23(2)30(22)31(33-18-16-24(17-19-33)32(3)4)26-12-8-10-14-28(26)35-29-15-11-9-13-27(29)31/h8-21H,1-7H3/q+1. The third kappa shape index (κ3) is 3.78. The van der Waals surface area contributed by atoms with Crippen molar-refractivity contribution >= 4 is 45.8 Å². The normalized spacial score (nSPS) is 14.3. The molecule has 0 saturated carbocycles. The van der Waals surface area contributed by atoms with Crippen LogP contribution in [0.5, 0.6) is 0 Å². The number of hydrogen-bond donors (Lipinski definition) is 0. The minimum Gasteiger partial charge on any atom is -0.415 e. The number of quaternary nitrogens is 1. The van der Waals surface area contributed by atoms with E-state index in [1.54, 1.807) is 0 Å². The van der Waals surface area contributed by atoms with E-state index in [0.717, 1.165) is 4.48 Å². The Kier molecular flexibility index (Phi) is 5.81. The molecule has 0 amide bonds. The van der Waals surface area contributed by atoms with Crippen LogP contribution < -0.4 is 30.2 Å². The summed E-state index contributed by atoms with van der Waals surface area (Å²) in [7, 11) is 10.9. The summed E-state index contributed by atoms with van der Waals surface area (Å²) in [5.41, 5.74) is 9.42. The van der Waals surface area contributed by atoms with Gasteiger partial charge in [0.25, 0.3) is 0 Å². The van der Waals surface area contributed by atoms with Crippen molar-refractivity contribution in [2.75, 3.05) is 40.1 Å². The third-order valence-corrected chi connectivity index (χ3v) is 8.71. The van der Waals surface area contributed by atoms with E-state index in [4.69, 9.17) is 0 Å². The van der Waals surface area contributed by atoms with Crippen LogP contribution in [0.3, 0.4) is 0 Å². The van der Waals surface area contributed by atoms with Crippen LogP contribution in [-0.4, -0.2) is 41.5 Å². The molecule has 4 aromatic rings. The van der Waals surface area contributed by atoms with E-state index in [1.165, 1.54) is 48.7 Å². The van der Waals surface area contributed by atoms with Gasteiger partial charge in [-0.1, -0.05) is 71.4 Å². The highest BCUT2D eigenvalue weighted by Gasteiger charge is 2.49. The zero-order chi connectivity index (χ0) is 25.0. The molecule has 2 heterocycles. The SMILES string of the molecule is Cc1cc([N+](C)(C)C)cc(C)c1[B-]1([n+]2ccc(N(C)C)cc2)c2ccccc2Sc2ccccc21. The number of benzene rings is 3. The molecule has 178 valence electrons. The molecule has 1 aromatic heterocycles. The zero-order valence-electron chi connectivity index (χ0n) is 21.9. The van der Waals surface area contributed by atoms with Crippen molar-refractivity contribution in [2.45, 2.75) is 23.6 Å². The van der Waals surface area contributed by atoms with Gasteiger partial charge in [0.2, 0.25) is 0 Å². The monoisotopic (exact) mass is 480 g/mol.